The standard InChI is InChI=1S/C16H24N4O2/c1-12-9-20(10-13(2)22-12)16(21)14-4-3-7-19(11-14)15-8-17-5-6-18-15/h5-6,8,12-14H,3-4,7,9-11H2,1-2H3/t12-,13+,14-/m0/s1. The SMILES string of the molecule is C[C@@H]1CN(C(=O)[C@H]2CCCN(c3cnccn3)C2)C[C@H](C)O1. The lowest BCUT2D eigenvalue weighted by Crippen LogP contribution is -2.52. The number of piperidine rings is 1. The zero-order chi connectivity index (χ0) is 15.5. The van der Waals surface area contributed by atoms with Crippen molar-refractivity contribution in [3.63, 3.8) is 0 Å². The molecule has 1 amide bonds. The zero-order valence-corrected chi connectivity index (χ0v) is 13.3. The first-order valence-corrected chi connectivity index (χ1v) is 8.08. The molecule has 0 bridgehead atoms. The van der Waals surface area contributed by atoms with Crippen LogP contribution in [0, 0.1) is 5.92 Å². The van der Waals surface area contributed by atoms with E-state index in [1.807, 2.05) is 18.7 Å². The average Bonchev–Trinajstić information content (AvgIpc) is 2.54. The van der Waals surface area contributed by atoms with Gasteiger partial charge in [-0.1, -0.05) is 0 Å². The monoisotopic (exact) mass is 304 g/mol. The highest BCUT2D eigenvalue weighted by molar-refractivity contribution is 5.80. The molecule has 0 saturated carbocycles. The Hall–Kier alpha value is -1.69. The Balaban J connectivity index is 1.65. The fourth-order valence-corrected chi connectivity index (χ4v) is 3.46. The number of amides is 1. The Morgan fingerprint density at radius 2 is 2.00 bits per heavy atom. The first-order valence-electron chi connectivity index (χ1n) is 8.08. The largest absolute Gasteiger partial charge is 0.372 e. The molecule has 6 nitrogen and oxygen atoms in total. The van der Waals surface area contributed by atoms with Crippen molar-refractivity contribution in [3.8, 4) is 0 Å². The molecule has 0 spiro atoms. The summed E-state index contributed by atoms with van der Waals surface area (Å²) in [4.78, 5) is 25.5. The number of hydrogen-bond acceptors (Lipinski definition) is 5. The van der Waals surface area contributed by atoms with E-state index < -0.39 is 0 Å². The van der Waals surface area contributed by atoms with Crippen LogP contribution in [0.1, 0.15) is 26.7 Å². The second-order valence-corrected chi connectivity index (χ2v) is 6.35. The van der Waals surface area contributed by atoms with E-state index in [9.17, 15) is 4.79 Å². The van der Waals surface area contributed by atoms with Crippen LogP contribution < -0.4 is 4.90 Å². The van der Waals surface area contributed by atoms with E-state index in [1.54, 1.807) is 18.6 Å². The summed E-state index contributed by atoms with van der Waals surface area (Å²) in [6.07, 6.45) is 7.35. The summed E-state index contributed by atoms with van der Waals surface area (Å²) in [5, 5.41) is 0. The van der Waals surface area contributed by atoms with E-state index in [4.69, 9.17) is 4.74 Å². The molecule has 2 saturated heterocycles. The molecule has 3 atom stereocenters. The maximum atomic E-state index is 12.8. The molecule has 1 aromatic heterocycles. The molecule has 2 aliphatic heterocycles. The number of anilines is 1. The number of ether oxygens (including phenoxy) is 1. The van der Waals surface area contributed by atoms with Gasteiger partial charge < -0.3 is 14.5 Å². The molecule has 0 aromatic carbocycles. The Labute approximate surface area is 131 Å². The van der Waals surface area contributed by atoms with E-state index in [0.29, 0.717) is 13.1 Å². The van der Waals surface area contributed by atoms with Gasteiger partial charge in [-0.15, -0.1) is 0 Å². The third-order valence-corrected chi connectivity index (χ3v) is 4.38. The Morgan fingerprint density at radius 1 is 1.23 bits per heavy atom. The van der Waals surface area contributed by atoms with Gasteiger partial charge in [0.25, 0.3) is 0 Å². The van der Waals surface area contributed by atoms with Crippen LogP contribution in [0.2, 0.25) is 0 Å². The van der Waals surface area contributed by atoms with Gasteiger partial charge in [0, 0.05) is 38.6 Å². The summed E-state index contributed by atoms with van der Waals surface area (Å²) in [5.74, 6) is 1.17. The van der Waals surface area contributed by atoms with Gasteiger partial charge in [0.2, 0.25) is 5.91 Å². The van der Waals surface area contributed by atoms with Gasteiger partial charge >= 0.3 is 0 Å². The van der Waals surface area contributed by atoms with Gasteiger partial charge in [-0.05, 0) is 26.7 Å². The lowest BCUT2D eigenvalue weighted by atomic mass is 9.96. The lowest BCUT2D eigenvalue weighted by Gasteiger charge is -2.39. The number of aromatic nitrogens is 2. The minimum atomic E-state index is 0.0493. The van der Waals surface area contributed by atoms with Gasteiger partial charge in [-0.25, -0.2) is 4.98 Å². The maximum Gasteiger partial charge on any atom is 0.227 e. The fourth-order valence-electron chi connectivity index (χ4n) is 3.46. The highest BCUT2D eigenvalue weighted by Crippen LogP contribution is 2.24. The van der Waals surface area contributed by atoms with Crippen LogP contribution >= 0.6 is 0 Å². The number of rotatable bonds is 2. The van der Waals surface area contributed by atoms with Gasteiger partial charge in [-0.2, -0.15) is 0 Å². The van der Waals surface area contributed by atoms with E-state index in [2.05, 4.69) is 14.9 Å². The van der Waals surface area contributed by atoms with Gasteiger partial charge in [-0.3, -0.25) is 9.78 Å². The number of nitrogens with zero attached hydrogens (tertiary/aromatic N) is 4. The molecular weight excluding hydrogens is 280 g/mol. The summed E-state index contributed by atoms with van der Waals surface area (Å²) in [5.41, 5.74) is 0. The summed E-state index contributed by atoms with van der Waals surface area (Å²) in [6, 6.07) is 0. The molecule has 6 heteroatoms. The topological polar surface area (TPSA) is 58.6 Å². The minimum absolute atomic E-state index is 0.0493. The Kier molecular flexibility index (Phi) is 4.57. The van der Waals surface area contributed by atoms with E-state index in [1.165, 1.54) is 0 Å². The molecule has 2 fully saturated rings. The van der Waals surface area contributed by atoms with Crippen LogP contribution in [0.15, 0.2) is 18.6 Å². The van der Waals surface area contributed by atoms with Crippen LogP contribution in [0.25, 0.3) is 0 Å². The molecule has 22 heavy (non-hydrogen) atoms. The number of carbonyl (C=O) groups excluding carboxylic acids is 1. The van der Waals surface area contributed by atoms with Crippen molar-refractivity contribution in [3.05, 3.63) is 18.6 Å². The normalized spacial score (nSPS) is 29.5. The third-order valence-electron chi connectivity index (χ3n) is 4.38. The zero-order valence-electron chi connectivity index (χ0n) is 13.3. The van der Waals surface area contributed by atoms with Crippen molar-refractivity contribution < 1.29 is 9.53 Å². The molecule has 0 N–H and O–H groups in total. The Morgan fingerprint density at radius 3 is 2.68 bits per heavy atom. The Bertz CT molecular complexity index is 500. The van der Waals surface area contributed by atoms with Crippen LogP contribution in [-0.4, -0.2) is 59.2 Å². The summed E-state index contributed by atoms with van der Waals surface area (Å²) < 4.78 is 5.72. The van der Waals surface area contributed by atoms with E-state index in [0.717, 1.165) is 31.7 Å². The third kappa shape index (κ3) is 3.38. The molecule has 0 unspecified atom stereocenters. The minimum Gasteiger partial charge on any atom is -0.372 e. The highest BCUT2D eigenvalue weighted by Gasteiger charge is 2.33. The number of hydrogen-bond donors (Lipinski definition) is 0. The molecule has 1 aromatic rings. The van der Waals surface area contributed by atoms with Crippen molar-refractivity contribution in [2.45, 2.75) is 38.9 Å². The van der Waals surface area contributed by atoms with Gasteiger partial charge in [0.1, 0.15) is 5.82 Å². The summed E-state index contributed by atoms with van der Waals surface area (Å²) in [6.45, 7) is 7.14. The second-order valence-electron chi connectivity index (χ2n) is 6.35. The smallest absolute Gasteiger partial charge is 0.227 e. The van der Waals surface area contributed by atoms with Crippen molar-refractivity contribution >= 4 is 11.7 Å². The predicted molar refractivity (Wildman–Crippen MR) is 83.6 cm³/mol. The van der Waals surface area contributed by atoms with Crippen LogP contribution in [0.3, 0.4) is 0 Å². The lowest BCUT2D eigenvalue weighted by molar-refractivity contribution is -0.147. The van der Waals surface area contributed by atoms with Crippen LogP contribution in [-0.2, 0) is 9.53 Å². The molecule has 0 aliphatic carbocycles. The summed E-state index contributed by atoms with van der Waals surface area (Å²) >= 11 is 0. The van der Waals surface area contributed by atoms with E-state index in [-0.39, 0.29) is 24.0 Å². The predicted octanol–water partition coefficient (Wildman–Crippen LogP) is 1.33. The van der Waals surface area contributed by atoms with E-state index >= 15 is 0 Å². The molecule has 2 aliphatic rings. The maximum absolute atomic E-state index is 12.8. The van der Waals surface area contributed by atoms with Crippen molar-refractivity contribution in [2.24, 2.45) is 5.92 Å². The second kappa shape index (κ2) is 6.60. The molecule has 0 radical (unpaired) electrons. The van der Waals surface area contributed by atoms with Crippen molar-refractivity contribution in [1.82, 2.24) is 14.9 Å². The van der Waals surface area contributed by atoms with Gasteiger partial charge in [0.05, 0.1) is 24.3 Å². The summed E-state index contributed by atoms with van der Waals surface area (Å²) in [7, 11) is 0. The first kappa shape index (κ1) is 15.2. The first-order chi connectivity index (χ1) is 10.6. The molecule has 3 heterocycles. The average molecular weight is 304 g/mol. The van der Waals surface area contributed by atoms with Crippen LogP contribution in [0.5, 0.6) is 0 Å². The highest BCUT2D eigenvalue weighted by atomic mass is 16.5. The quantitative estimate of drug-likeness (QED) is 0.825. The fraction of sp³-hybridized carbons (Fsp3) is 0.688. The van der Waals surface area contributed by atoms with Crippen molar-refractivity contribution in [1.29, 1.82) is 0 Å². The number of carbonyl (C=O) groups is 1. The van der Waals surface area contributed by atoms with Crippen molar-refractivity contribution in [2.75, 3.05) is 31.1 Å². The molecular formula is C16H24N4O2. The van der Waals surface area contributed by atoms with Gasteiger partial charge in [0.15, 0.2) is 0 Å². The molecule has 120 valence electrons. The molecule has 3 rings (SSSR count). The van der Waals surface area contributed by atoms with Crippen LogP contribution in [0.4, 0.5) is 5.82 Å². The number of morpholine rings is 1.